The second-order valence-electron chi connectivity index (χ2n) is 3.88. The fraction of sp³-hybridized carbons (Fsp3) is 0.154. The lowest BCUT2D eigenvalue weighted by Crippen LogP contribution is -2.53. The van der Waals surface area contributed by atoms with Crippen molar-refractivity contribution in [1.29, 1.82) is 0 Å². The van der Waals surface area contributed by atoms with Gasteiger partial charge in [0.05, 0.1) is 0 Å². The molecule has 1 aromatic rings. The summed E-state index contributed by atoms with van der Waals surface area (Å²) in [4.78, 5) is 25.2. The number of hydrogen-bond acceptors (Lipinski definition) is 4. The summed E-state index contributed by atoms with van der Waals surface area (Å²) in [5, 5.41) is 5.55. The molecular formula is C13H13N3O2S. The molecule has 98 valence electrons. The Balaban J connectivity index is 2.20. The predicted octanol–water partition coefficient (Wildman–Crippen LogP) is 1.25. The number of hydrogen-bond donors (Lipinski definition) is 2. The van der Waals surface area contributed by atoms with Gasteiger partial charge in [0.2, 0.25) is 0 Å². The fourth-order valence-electron chi connectivity index (χ4n) is 1.67. The van der Waals surface area contributed by atoms with Crippen molar-refractivity contribution in [3.8, 4) is 0 Å². The maximum Gasteiger partial charge on any atom is 0.267 e. The lowest BCUT2D eigenvalue weighted by Gasteiger charge is -2.27. The normalized spacial score (nSPS) is 17.6. The third-order valence-electron chi connectivity index (χ3n) is 2.66. The molecule has 0 spiro atoms. The van der Waals surface area contributed by atoms with E-state index in [4.69, 9.17) is 12.2 Å². The predicted molar refractivity (Wildman–Crippen MR) is 76.3 cm³/mol. The maximum absolute atomic E-state index is 12.1. The molecule has 0 atom stereocenters. The third kappa shape index (κ3) is 2.79. The van der Waals surface area contributed by atoms with E-state index in [2.05, 4.69) is 10.6 Å². The van der Waals surface area contributed by atoms with Crippen LogP contribution in [0, 0.1) is 0 Å². The van der Waals surface area contributed by atoms with Crippen LogP contribution >= 0.6 is 12.2 Å². The van der Waals surface area contributed by atoms with Gasteiger partial charge in [-0.3, -0.25) is 19.8 Å². The zero-order chi connectivity index (χ0) is 13.8. The van der Waals surface area contributed by atoms with E-state index < -0.39 is 5.91 Å². The Hall–Kier alpha value is -2.21. The fourth-order valence-corrected chi connectivity index (χ4v) is 1.98. The average Bonchev–Trinajstić information content (AvgIpc) is 2.39. The zero-order valence-electron chi connectivity index (χ0n) is 10.3. The minimum Gasteiger partial charge on any atom is -0.361 e. The minimum atomic E-state index is -0.483. The number of nitrogens with zero attached hydrogens (tertiary/aromatic N) is 1. The molecule has 0 bridgehead atoms. The molecule has 1 heterocycles. The number of carbonyl (C=O) groups excluding carboxylic acids is 2. The van der Waals surface area contributed by atoms with Crippen LogP contribution in [0.15, 0.2) is 42.1 Å². The van der Waals surface area contributed by atoms with Crippen molar-refractivity contribution in [1.82, 2.24) is 10.2 Å². The molecule has 0 aromatic heterocycles. The molecule has 1 fully saturated rings. The van der Waals surface area contributed by atoms with Crippen LogP contribution in [0.5, 0.6) is 0 Å². The molecule has 0 unspecified atom stereocenters. The van der Waals surface area contributed by atoms with E-state index in [-0.39, 0.29) is 16.6 Å². The highest BCUT2D eigenvalue weighted by molar-refractivity contribution is 7.80. The first kappa shape index (κ1) is 13.2. The summed E-state index contributed by atoms with van der Waals surface area (Å²) in [6.07, 6.45) is 1.40. The number of para-hydroxylation sites is 1. The Morgan fingerprint density at radius 2 is 2.00 bits per heavy atom. The average molecular weight is 275 g/mol. The Kier molecular flexibility index (Phi) is 3.91. The van der Waals surface area contributed by atoms with Crippen LogP contribution < -0.4 is 10.6 Å². The number of carbonyl (C=O) groups is 2. The standard InChI is InChI=1S/C13H13N3O2S/c1-2-16-12(18)10(11(17)15-13(16)19)8-14-9-6-4-3-5-7-9/h3-8,14H,2H2,1H3,(H,15,17,19). The van der Waals surface area contributed by atoms with Crippen LogP contribution in [0.4, 0.5) is 5.69 Å². The van der Waals surface area contributed by atoms with E-state index in [0.717, 1.165) is 5.69 Å². The highest BCUT2D eigenvalue weighted by Gasteiger charge is 2.32. The van der Waals surface area contributed by atoms with Gasteiger partial charge in [-0.05, 0) is 31.3 Å². The summed E-state index contributed by atoms with van der Waals surface area (Å²) in [5.74, 6) is -0.872. The number of amides is 2. The van der Waals surface area contributed by atoms with Crippen LogP contribution in [0.2, 0.25) is 0 Å². The molecule has 5 nitrogen and oxygen atoms in total. The Bertz CT molecular complexity index is 554. The smallest absolute Gasteiger partial charge is 0.267 e. The molecule has 1 aliphatic heterocycles. The van der Waals surface area contributed by atoms with Crippen LogP contribution in [-0.2, 0) is 9.59 Å². The number of benzene rings is 1. The molecule has 1 aliphatic rings. The van der Waals surface area contributed by atoms with Gasteiger partial charge in [-0.25, -0.2) is 0 Å². The lowest BCUT2D eigenvalue weighted by atomic mass is 10.2. The van der Waals surface area contributed by atoms with Gasteiger partial charge in [0.1, 0.15) is 5.57 Å². The van der Waals surface area contributed by atoms with Crippen molar-refractivity contribution in [2.45, 2.75) is 6.92 Å². The molecule has 2 rings (SSSR count). The maximum atomic E-state index is 12.1. The molecule has 1 aromatic carbocycles. The number of anilines is 1. The van der Waals surface area contributed by atoms with Crippen LogP contribution in [-0.4, -0.2) is 28.4 Å². The van der Waals surface area contributed by atoms with Gasteiger partial charge in [0, 0.05) is 18.4 Å². The molecular weight excluding hydrogens is 262 g/mol. The van der Waals surface area contributed by atoms with Gasteiger partial charge in [0.25, 0.3) is 11.8 Å². The monoisotopic (exact) mass is 275 g/mol. The molecule has 19 heavy (non-hydrogen) atoms. The molecule has 1 saturated heterocycles. The molecule has 2 amide bonds. The third-order valence-corrected chi connectivity index (χ3v) is 2.98. The highest BCUT2D eigenvalue weighted by atomic mass is 32.1. The number of nitrogens with one attached hydrogen (secondary N) is 2. The van der Waals surface area contributed by atoms with Crippen molar-refractivity contribution in [3.63, 3.8) is 0 Å². The molecule has 6 heteroatoms. The summed E-state index contributed by atoms with van der Waals surface area (Å²) in [7, 11) is 0. The topological polar surface area (TPSA) is 61.4 Å². The van der Waals surface area contributed by atoms with Crippen molar-refractivity contribution in [3.05, 3.63) is 42.1 Å². The highest BCUT2D eigenvalue weighted by Crippen LogP contribution is 2.11. The number of thiocarbonyl (C=S) groups is 1. The van der Waals surface area contributed by atoms with Crippen molar-refractivity contribution >= 4 is 34.8 Å². The van der Waals surface area contributed by atoms with E-state index >= 15 is 0 Å². The Labute approximate surface area is 116 Å². The van der Waals surface area contributed by atoms with Gasteiger partial charge < -0.3 is 5.32 Å². The summed E-state index contributed by atoms with van der Waals surface area (Å²) < 4.78 is 0. The minimum absolute atomic E-state index is 0.0410. The van der Waals surface area contributed by atoms with Crippen LogP contribution in [0.1, 0.15) is 6.92 Å². The second-order valence-corrected chi connectivity index (χ2v) is 4.26. The summed E-state index contributed by atoms with van der Waals surface area (Å²) in [6.45, 7) is 2.21. The number of rotatable bonds is 3. The van der Waals surface area contributed by atoms with Gasteiger partial charge in [-0.2, -0.15) is 0 Å². The van der Waals surface area contributed by atoms with Gasteiger partial charge in [-0.1, -0.05) is 18.2 Å². The zero-order valence-corrected chi connectivity index (χ0v) is 11.2. The largest absolute Gasteiger partial charge is 0.361 e. The van der Waals surface area contributed by atoms with Gasteiger partial charge in [0.15, 0.2) is 5.11 Å². The first-order chi connectivity index (χ1) is 9.13. The molecule has 0 radical (unpaired) electrons. The van der Waals surface area contributed by atoms with Crippen molar-refractivity contribution < 1.29 is 9.59 Å². The first-order valence-electron chi connectivity index (χ1n) is 5.82. The molecule has 2 N–H and O–H groups in total. The van der Waals surface area contributed by atoms with Gasteiger partial charge in [-0.15, -0.1) is 0 Å². The van der Waals surface area contributed by atoms with Crippen molar-refractivity contribution in [2.75, 3.05) is 11.9 Å². The Morgan fingerprint density at radius 1 is 1.32 bits per heavy atom. The lowest BCUT2D eigenvalue weighted by molar-refractivity contribution is -0.128. The summed E-state index contributed by atoms with van der Waals surface area (Å²) >= 11 is 4.94. The van der Waals surface area contributed by atoms with E-state index in [0.29, 0.717) is 6.54 Å². The van der Waals surface area contributed by atoms with E-state index in [9.17, 15) is 9.59 Å². The number of likely N-dealkylation sites (N-methyl/N-ethyl adjacent to an activating group) is 1. The SMILES string of the molecule is CCN1C(=O)C(=CNc2ccccc2)C(=O)NC1=S. The van der Waals surface area contributed by atoms with E-state index in [1.54, 1.807) is 6.92 Å². The van der Waals surface area contributed by atoms with Gasteiger partial charge >= 0.3 is 0 Å². The Morgan fingerprint density at radius 3 is 2.63 bits per heavy atom. The summed E-state index contributed by atoms with van der Waals surface area (Å²) in [6, 6.07) is 9.27. The molecule has 0 aliphatic carbocycles. The van der Waals surface area contributed by atoms with E-state index in [1.165, 1.54) is 11.1 Å². The van der Waals surface area contributed by atoms with Crippen LogP contribution in [0.25, 0.3) is 0 Å². The quantitative estimate of drug-likeness (QED) is 0.495. The second kappa shape index (κ2) is 5.62. The summed E-state index contributed by atoms with van der Waals surface area (Å²) in [5.41, 5.74) is 0.839. The van der Waals surface area contributed by atoms with Crippen LogP contribution in [0.3, 0.4) is 0 Å². The van der Waals surface area contributed by atoms with Crippen molar-refractivity contribution in [2.24, 2.45) is 0 Å². The first-order valence-corrected chi connectivity index (χ1v) is 6.23. The van der Waals surface area contributed by atoms with E-state index in [1.807, 2.05) is 30.3 Å². The molecule has 0 saturated carbocycles.